The molecule has 202 valence electrons. The molecular formula is C26H21ClF6N2O3. The second kappa shape index (κ2) is 9.14. The minimum atomic E-state index is -5.51. The number of nitrogens with one attached hydrogen (secondary N) is 1. The molecule has 2 aliphatic rings. The molecule has 1 unspecified atom stereocenters. The van der Waals surface area contributed by atoms with Gasteiger partial charge in [0, 0.05) is 22.7 Å². The molecule has 1 atom stereocenters. The van der Waals surface area contributed by atoms with Gasteiger partial charge in [-0.1, -0.05) is 49.7 Å². The van der Waals surface area contributed by atoms with Crippen molar-refractivity contribution in [3.63, 3.8) is 0 Å². The molecule has 0 spiro atoms. The van der Waals surface area contributed by atoms with Crippen LogP contribution in [-0.2, 0) is 22.3 Å². The maximum atomic E-state index is 14.9. The van der Waals surface area contributed by atoms with Crippen LogP contribution in [0.1, 0.15) is 48.2 Å². The quantitative estimate of drug-likeness (QED) is 0.463. The molecule has 2 aromatic rings. The Morgan fingerprint density at radius 3 is 2.26 bits per heavy atom. The highest BCUT2D eigenvalue weighted by Crippen LogP contribution is 2.52. The minimum absolute atomic E-state index is 0.0957. The fourth-order valence-electron chi connectivity index (χ4n) is 4.87. The maximum absolute atomic E-state index is 14.9. The van der Waals surface area contributed by atoms with Gasteiger partial charge < -0.3 is 10.2 Å². The van der Waals surface area contributed by atoms with Gasteiger partial charge in [-0.15, -0.1) is 0 Å². The molecule has 0 saturated carbocycles. The summed E-state index contributed by atoms with van der Waals surface area (Å²) < 4.78 is 84.1. The summed E-state index contributed by atoms with van der Waals surface area (Å²) in [5.41, 5.74) is -7.46. The van der Waals surface area contributed by atoms with Gasteiger partial charge in [-0.25, -0.2) is 0 Å². The predicted molar refractivity (Wildman–Crippen MR) is 125 cm³/mol. The number of Topliss-reactive ketones (excluding diaryl/α,β-unsaturated/α-hetero) is 1. The Bertz CT molecular complexity index is 1370. The lowest BCUT2D eigenvalue weighted by Gasteiger charge is -2.35. The largest absolute Gasteiger partial charge is 0.425 e. The zero-order valence-electron chi connectivity index (χ0n) is 20.1. The lowest BCUT2D eigenvalue weighted by Crippen LogP contribution is -2.66. The summed E-state index contributed by atoms with van der Waals surface area (Å²) in [6.07, 6.45) is -10.8. The molecule has 4 rings (SSSR count). The van der Waals surface area contributed by atoms with E-state index in [4.69, 9.17) is 11.6 Å². The van der Waals surface area contributed by atoms with Gasteiger partial charge >= 0.3 is 12.4 Å². The molecule has 0 radical (unpaired) electrons. The third kappa shape index (κ3) is 4.68. The van der Waals surface area contributed by atoms with Crippen molar-refractivity contribution in [2.24, 2.45) is 5.41 Å². The second-order valence-electron chi connectivity index (χ2n) is 10.0. The van der Waals surface area contributed by atoms with E-state index in [1.54, 1.807) is 31.3 Å². The molecule has 12 heteroatoms. The van der Waals surface area contributed by atoms with Crippen molar-refractivity contribution in [2.75, 3.05) is 0 Å². The van der Waals surface area contributed by atoms with Gasteiger partial charge in [0.1, 0.15) is 0 Å². The van der Waals surface area contributed by atoms with Crippen LogP contribution in [0.4, 0.5) is 26.3 Å². The highest BCUT2D eigenvalue weighted by atomic mass is 35.5. The number of allylic oxidation sites excluding steroid dienone is 1. The molecule has 0 saturated heterocycles. The van der Waals surface area contributed by atoms with E-state index in [1.807, 2.05) is 0 Å². The molecule has 2 amide bonds. The molecule has 0 aromatic heterocycles. The van der Waals surface area contributed by atoms with Crippen LogP contribution in [0.25, 0.3) is 0 Å². The Balaban J connectivity index is 1.87. The van der Waals surface area contributed by atoms with Gasteiger partial charge in [-0.3, -0.25) is 14.4 Å². The monoisotopic (exact) mass is 558 g/mol. The Morgan fingerprint density at radius 1 is 1.00 bits per heavy atom. The summed E-state index contributed by atoms with van der Waals surface area (Å²) >= 11 is 6.18. The number of benzene rings is 2. The standard InChI is InChI=1S/C26H21ClF6N2O3/c1-23(2)11-18-20(19(36)12-23)24(26(31,32)33,22(38)35(18)13-15-6-3-4-9-17(15)27)34-21(37)14-7-5-8-16(10-14)25(28,29)30/h3-10H,11-13H2,1-2H3,(H,34,37). The average Bonchev–Trinajstić information content (AvgIpc) is 3.02. The van der Waals surface area contributed by atoms with Crippen molar-refractivity contribution in [2.45, 2.75) is 51.1 Å². The maximum Gasteiger partial charge on any atom is 0.425 e. The molecule has 0 fully saturated rings. The molecule has 1 aliphatic heterocycles. The Labute approximate surface area is 218 Å². The lowest BCUT2D eigenvalue weighted by atomic mass is 9.72. The van der Waals surface area contributed by atoms with E-state index in [-0.39, 0.29) is 23.6 Å². The van der Waals surface area contributed by atoms with Crippen molar-refractivity contribution in [1.82, 2.24) is 10.2 Å². The second-order valence-corrected chi connectivity index (χ2v) is 10.4. The number of alkyl halides is 6. The van der Waals surface area contributed by atoms with Gasteiger partial charge in [0.15, 0.2) is 5.78 Å². The minimum Gasteiger partial charge on any atom is -0.326 e. The lowest BCUT2D eigenvalue weighted by molar-refractivity contribution is -0.190. The van der Waals surface area contributed by atoms with E-state index in [2.05, 4.69) is 0 Å². The SMILES string of the molecule is CC1(C)CC(=O)C2=C(C1)N(Cc1ccccc1Cl)C(=O)C2(NC(=O)c1cccc(C(F)(F)F)c1)C(F)(F)F. The van der Waals surface area contributed by atoms with E-state index in [0.29, 0.717) is 17.7 Å². The topological polar surface area (TPSA) is 66.5 Å². The van der Waals surface area contributed by atoms with Crippen LogP contribution in [0, 0.1) is 5.41 Å². The first-order valence-electron chi connectivity index (χ1n) is 11.4. The molecule has 1 N–H and O–H groups in total. The Morgan fingerprint density at radius 2 is 1.66 bits per heavy atom. The molecule has 1 aliphatic carbocycles. The first kappa shape index (κ1) is 27.7. The highest BCUT2D eigenvalue weighted by Gasteiger charge is 2.71. The summed E-state index contributed by atoms with van der Waals surface area (Å²) in [6.45, 7) is 2.89. The molecule has 5 nitrogen and oxygen atoms in total. The zero-order valence-corrected chi connectivity index (χ0v) is 20.8. The number of ketones is 1. The summed E-state index contributed by atoms with van der Waals surface area (Å²) in [5.74, 6) is -4.22. The summed E-state index contributed by atoms with van der Waals surface area (Å²) in [5, 5.41) is 1.80. The Kier molecular flexibility index (Phi) is 6.66. The van der Waals surface area contributed by atoms with Gasteiger partial charge in [-0.05, 0) is 41.7 Å². The zero-order chi connectivity index (χ0) is 28.3. The van der Waals surface area contributed by atoms with Crippen LogP contribution in [-0.4, -0.2) is 34.2 Å². The van der Waals surface area contributed by atoms with Gasteiger partial charge in [0.05, 0.1) is 17.7 Å². The number of rotatable bonds is 4. The number of carbonyl (C=O) groups is 3. The van der Waals surface area contributed by atoms with Crippen molar-refractivity contribution in [3.8, 4) is 0 Å². The van der Waals surface area contributed by atoms with Crippen LogP contribution in [0.15, 0.2) is 59.8 Å². The van der Waals surface area contributed by atoms with E-state index >= 15 is 0 Å². The van der Waals surface area contributed by atoms with Crippen LogP contribution >= 0.6 is 11.6 Å². The molecule has 2 aromatic carbocycles. The van der Waals surface area contributed by atoms with E-state index in [0.717, 1.165) is 17.0 Å². The molecular weight excluding hydrogens is 538 g/mol. The first-order chi connectivity index (χ1) is 17.5. The number of hydrogen-bond acceptors (Lipinski definition) is 3. The molecule has 38 heavy (non-hydrogen) atoms. The fraction of sp³-hybridized carbons (Fsp3) is 0.346. The van der Waals surface area contributed by atoms with Crippen molar-refractivity contribution in [3.05, 3.63) is 81.5 Å². The van der Waals surface area contributed by atoms with Crippen molar-refractivity contribution < 1.29 is 40.7 Å². The summed E-state index contributed by atoms with van der Waals surface area (Å²) in [6, 6.07) is 8.91. The van der Waals surface area contributed by atoms with Crippen LogP contribution in [0.2, 0.25) is 5.02 Å². The van der Waals surface area contributed by atoms with Crippen LogP contribution in [0.3, 0.4) is 0 Å². The van der Waals surface area contributed by atoms with E-state index < -0.39 is 64.1 Å². The third-order valence-corrected chi connectivity index (χ3v) is 6.95. The number of nitrogens with zero attached hydrogens (tertiary/aromatic N) is 1. The normalized spacial score (nSPS) is 21.6. The van der Waals surface area contributed by atoms with Crippen molar-refractivity contribution in [1.29, 1.82) is 0 Å². The molecule has 0 bridgehead atoms. The Hall–Kier alpha value is -3.34. The third-order valence-electron chi connectivity index (χ3n) is 6.58. The van der Waals surface area contributed by atoms with E-state index in [1.165, 1.54) is 12.1 Å². The number of halogens is 7. The van der Waals surface area contributed by atoms with Gasteiger partial charge in [-0.2, -0.15) is 26.3 Å². The van der Waals surface area contributed by atoms with E-state index in [9.17, 15) is 40.7 Å². The number of carbonyl (C=O) groups excluding carboxylic acids is 3. The number of hydrogen-bond donors (Lipinski definition) is 1. The highest BCUT2D eigenvalue weighted by molar-refractivity contribution is 6.31. The summed E-state index contributed by atoms with van der Waals surface area (Å²) in [7, 11) is 0. The molecule has 1 heterocycles. The van der Waals surface area contributed by atoms with Gasteiger partial charge in [0.2, 0.25) is 5.54 Å². The van der Waals surface area contributed by atoms with Crippen LogP contribution < -0.4 is 5.32 Å². The summed E-state index contributed by atoms with van der Waals surface area (Å²) in [4.78, 5) is 40.7. The van der Waals surface area contributed by atoms with Gasteiger partial charge in [0.25, 0.3) is 11.8 Å². The van der Waals surface area contributed by atoms with Crippen molar-refractivity contribution >= 4 is 29.2 Å². The predicted octanol–water partition coefficient (Wildman–Crippen LogP) is 6.08. The average molecular weight is 559 g/mol. The van der Waals surface area contributed by atoms with Crippen LogP contribution in [0.5, 0.6) is 0 Å². The fourth-order valence-corrected chi connectivity index (χ4v) is 5.06. The first-order valence-corrected chi connectivity index (χ1v) is 11.7. The number of amides is 2. The smallest absolute Gasteiger partial charge is 0.326 e.